The maximum atomic E-state index is 13.4. The van der Waals surface area contributed by atoms with E-state index in [0.29, 0.717) is 24.6 Å². The van der Waals surface area contributed by atoms with Crippen molar-refractivity contribution in [3.05, 3.63) is 64.2 Å². The highest BCUT2D eigenvalue weighted by molar-refractivity contribution is 7.91. The van der Waals surface area contributed by atoms with E-state index < -0.39 is 14.8 Å². The van der Waals surface area contributed by atoms with Gasteiger partial charge in [0, 0.05) is 30.8 Å². The van der Waals surface area contributed by atoms with Crippen molar-refractivity contribution in [2.24, 2.45) is 5.92 Å². The minimum Gasteiger partial charge on any atom is -0.419 e. The van der Waals surface area contributed by atoms with Gasteiger partial charge < -0.3 is 9.32 Å². The zero-order valence-corrected chi connectivity index (χ0v) is 18.1. The molecule has 162 valence electrons. The van der Waals surface area contributed by atoms with E-state index in [-0.39, 0.29) is 27.4 Å². The highest BCUT2D eigenvalue weighted by atomic mass is 32.2. The molecule has 1 aromatic heterocycles. The average molecular weight is 442 g/mol. The number of hydrogen-bond acceptors (Lipinski definition) is 7. The fourth-order valence-corrected chi connectivity index (χ4v) is 4.91. The minimum absolute atomic E-state index is 0.0445. The summed E-state index contributed by atoms with van der Waals surface area (Å²) in [6.07, 6.45) is 1.83. The van der Waals surface area contributed by atoms with Crippen LogP contribution >= 0.6 is 0 Å². The molecule has 4 rings (SSSR count). The summed E-state index contributed by atoms with van der Waals surface area (Å²) < 4.78 is 32.8. The van der Waals surface area contributed by atoms with Crippen molar-refractivity contribution in [3.8, 4) is 11.5 Å². The number of aryl methyl sites for hydroxylation is 1. The number of anilines is 1. The summed E-state index contributed by atoms with van der Waals surface area (Å²) in [6.45, 7) is 5.35. The average Bonchev–Trinajstić information content (AvgIpc) is 3.21. The second-order valence-corrected chi connectivity index (χ2v) is 9.79. The lowest BCUT2D eigenvalue weighted by Gasteiger charge is -2.30. The van der Waals surface area contributed by atoms with Crippen molar-refractivity contribution in [2.75, 3.05) is 18.0 Å². The molecule has 2 aromatic carbocycles. The minimum atomic E-state index is -3.94. The fraction of sp³-hybridized carbons (Fsp3) is 0.318. The molecular weight excluding hydrogens is 418 g/mol. The molecule has 1 aliphatic rings. The van der Waals surface area contributed by atoms with Gasteiger partial charge >= 0.3 is 0 Å². The van der Waals surface area contributed by atoms with Crippen LogP contribution in [0.5, 0.6) is 0 Å². The molecule has 0 amide bonds. The highest BCUT2D eigenvalue weighted by Crippen LogP contribution is 2.37. The molecule has 0 aliphatic carbocycles. The molecule has 0 N–H and O–H groups in total. The monoisotopic (exact) mass is 441 g/mol. The van der Waals surface area contributed by atoms with E-state index in [1.54, 1.807) is 30.3 Å². The standard InChI is InChI=1S/C22H23N3O5S/c1-15-6-8-19(9-7-15)31(28,29)21-22(24-12-10-16(2)11-13-24)30-20(23-21)17-4-3-5-18(14-17)25(26)27/h3-9,14,16H,10-13H2,1-2H3. The summed E-state index contributed by atoms with van der Waals surface area (Å²) in [5.74, 6) is 0.782. The Morgan fingerprint density at radius 2 is 1.81 bits per heavy atom. The van der Waals surface area contributed by atoms with Gasteiger partial charge in [0.2, 0.25) is 26.6 Å². The van der Waals surface area contributed by atoms with Gasteiger partial charge in [0.1, 0.15) is 0 Å². The number of rotatable bonds is 5. The molecule has 1 fully saturated rings. The Labute approximate surface area is 180 Å². The van der Waals surface area contributed by atoms with Gasteiger partial charge in [-0.1, -0.05) is 30.7 Å². The lowest BCUT2D eigenvalue weighted by atomic mass is 9.99. The van der Waals surface area contributed by atoms with Gasteiger partial charge in [-0.3, -0.25) is 10.1 Å². The number of benzene rings is 2. The predicted octanol–water partition coefficient (Wildman–Crippen LogP) is 4.63. The number of aromatic nitrogens is 1. The van der Waals surface area contributed by atoms with E-state index >= 15 is 0 Å². The van der Waals surface area contributed by atoms with Gasteiger partial charge in [-0.15, -0.1) is 0 Å². The van der Waals surface area contributed by atoms with Crippen molar-refractivity contribution in [3.63, 3.8) is 0 Å². The molecule has 0 saturated carbocycles. The molecule has 0 spiro atoms. The second-order valence-electron chi connectivity index (χ2n) is 7.92. The van der Waals surface area contributed by atoms with Crippen molar-refractivity contribution < 1.29 is 17.8 Å². The van der Waals surface area contributed by atoms with Gasteiger partial charge in [-0.25, -0.2) is 8.42 Å². The lowest BCUT2D eigenvalue weighted by Crippen LogP contribution is -2.33. The molecule has 0 atom stereocenters. The first-order chi connectivity index (χ1) is 14.8. The first-order valence-corrected chi connectivity index (χ1v) is 11.6. The van der Waals surface area contributed by atoms with Crippen LogP contribution in [0.25, 0.3) is 11.5 Å². The van der Waals surface area contributed by atoms with E-state index in [9.17, 15) is 18.5 Å². The van der Waals surface area contributed by atoms with Crippen molar-refractivity contribution >= 4 is 21.4 Å². The largest absolute Gasteiger partial charge is 0.419 e. The number of nitrogens with zero attached hydrogens (tertiary/aromatic N) is 3. The number of nitro benzene ring substituents is 1. The molecule has 3 aromatic rings. The molecule has 2 heterocycles. The highest BCUT2D eigenvalue weighted by Gasteiger charge is 2.32. The van der Waals surface area contributed by atoms with Crippen LogP contribution in [0.15, 0.2) is 62.9 Å². The van der Waals surface area contributed by atoms with Gasteiger partial charge in [-0.05, 0) is 43.9 Å². The van der Waals surface area contributed by atoms with E-state index in [1.807, 2.05) is 11.8 Å². The summed E-state index contributed by atoms with van der Waals surface area (Å²) in [7, 11) is -3.94. The number of nitro groups is 1. The van der Waals surface area contributed by atoms with Crippen LogP contribution < -0.4 is 4.90 Å². The van der Waals surface area contributed by atoms with Crippen LogP contribution in [-0.2, 0) is 9.84 Å². The molecular formula is C22H23N3O5S. The molecule has 8 nitrogen and oxygen atoms in total. The number of sulfone groups is 1. The maximum Gasteiger partial charge on any atom is 0.270 e. The van der Waals surface area contributed by atoms with Crippen LogP contribution in [0.1, 0.15) is 25.3 Å². The third kappa shape index (κ3) is 4.18. The van der Waals surface area contributed by atoms with E-state index in [0.717, 1.165) is 18.4 Å². The molecule has 0 bridgehead atoms. The zero-order chi connectivity index (χ0) is 22.2. The number of piperidine rings is 1. The Bertz CT molecular complexity index is 1210. The lowest BCUT2D eigenvalue weighted by molar-refractivity contribution is -0.384. The quantitative estimate of drug-likeness (QED) is 0.420. The third-order valence-corrected chi connectivity index (χ3v) is 7.21. The first kappa shape index (κ1) is 21.0. The maximum absolute atomic E-state index is 13.4. The normalized spacial score (nSPS) is 15.2. The van der Waals surface area contributed by atoms with Gasteiger partial charge in [0.15, 0.2) is 0 Å². The van der Waals surface area contributed by atoms with Crippen LogP contribution in [0, 0.1) is 23.0 Å². The predicted molar refractivity (Wildman–Crippen MR) is 116 cm³/mol. The van der Waals surface area contributed by atoms with Crippen molar-refractivity contribution in [2.45, 2.75) is 36.6 Å². The van der Waals surface area contributed by atoms with Crippen LogP contribution in [-0.4, -0.2) is 31.4 Å². The fourth-order valence-electron chi connectivity index (χ4n) is 3.59. The van der Waals surface area contributed by atoms with Crippen molar-refractivity contribution in [1.29, 1.82) is 0 Å². The van der Waals surface area contributed by atoms with Gasteiger partial charge in [0.05, 0.1) is 9.82 Å². The molecule has 1 saturated heterocycles. The Balaban J connectivity index is 1.84. The number of hydrogen-bond donors (Lipinski definition) is 0. The summed E-state index contributed by atoms with van der Waals surface area (Å²) in [6, 6.07) is 12.4. The summed E-state index contributed by atoms with van der Waals surface area (Å²) in [5, 5.41) is 11.0. The molecule has 1 aliphatic heterocycles. The number of oxazole rings is 1. The second kappa shape index (κ2) is 8.14. The summed E-state index contributed by atoms with van der Waals surface area (Å²) >= 11 is 0. The topological polar surface area (TPSA) is 107 Å². The molecule has 9 heteroatoms. The smallest absolute Gasteiger partial charge is 0.270 e. The number of non-ortho nitro benzene ring substituents is 1. The van der Waals surface area contributed by atoms with E-state index in [2.05, 4.69) is 11.9 Å². The Hall–Kier alpha value is -3.20. The molecule has 0 unspecified atom stereocenters. The third-order valence-electron chi connectivity index (χ3n) is 5.54. The van der Waals surface area contributed by atoms with Gasteiger partial charge in [0.25, 0.3) is 5.69 Å². The summed E-state index contributed by atoms with van der Waals surface area (Å²) in [4.78, 5) is 17.0. The Morgan fingerprint density at radius 1 is 1.13 bits per heavy atom. The Morgan fingerprint density at radius 3 is 2.45 bits per heavy atom. The molecule has 31 heavy (non-hydrogen) atoms. The first-order valence-electron chi connectivity index (χ1n) is 10.1. The van der Waals surface area contributed by atoms with Crippen LogP contribution in [0.3, 0.4) is 0 Å². The Kier molecular flexibility index (Phi) is 5.53. The van der Waals surface area contributed by atoms with Gasteiger partial charge in [-0.2, -0.15) is 4.98 Å². The molecule has 0 radical (unpaired) electrons. The van der Waals surface area contributed by atoms with Crippen LogP contribution in [0.4, 0.5) is 11.6 Å². The summed E-state index contributed by atoms with van der Waals surface area (Å²) in [5.41, 5.74) is 1.18. The van der Waals surface area contributed by atoms with E-state index in [4.69, 9.17) is 4.42 Å². The zero-order valence-electron chi connectivity index (χ0n) is 17.3. The van der Waals surface area contributed by atoms with Crippen LogP contribution in [0.2, 0.25) is 0 Å². The van der Waals surface area contributed by atoms with Crippen molar-refractivity contribution in [1.82, 2.24) is 4.98 Å². The SMILES string of the molecule is Cc1ccc(S(=O)(=O)c2nc(-c3cccc([N+](=O)[O-])c3)oc2N2CCC(C)CC2)cc1. The van der Waals surface area contributed by atoms with E-state index in [1.165, 1.54) is 18.2 Å².